The van der Waals surface area contributed by atoms with Crippen molar-refractivity contribution in [2.24, 2.45) is 0 Å². The standard InChI is InChI=1S/C18H18N4O3/c1-12-14(11-19-22(12)13-7-5-4-6-8-13)17(23)20-15-9-10-16(24-2)21-18(15)25-3/h4-11H,1-3H3,(H,20,23). The molecule has 3 aromatic rings. The van der Waals surface area contributed by atoms with Crippen molar-refractivity contribution >= 4 is 11.6 Å². The average Bonchev–Trinajstić information content (AvgIpc) is 3.04. The van der Waals surface area contributed by atoms with Crippen molar-refractivity contribution in [3.63, 3.8) is 0 Å². The Labute approximate surface area is 145 Å². The van der Waals surface area contributed by atoms with E-state index in [0.717, 1.165) is 11.4 Å². The van der Waals surface area contributed by atoms with Gasteiger partial charge in [-0.25, -0.2) is 4.68 Å². The molecule has 128 valence electrons. The minimum Gasteiger partial charge on any atom is -0.481 e. The summed E-state index contributed by atoms with van der Waals surface area (Å²) >= 11 is 0. The Morgan fingerprint density at radius 1 is 1.08 bits per heavy atom. The third kappa shape index (κ3) is 3.30. The minimum atomic E-state index is -0.287. The number of amides is 1. The molecule has 2 aromatic heterocycles. The zero-order valence-corrected chi connectivity index (χ0v) is 14.2. The van der Waals surface area contributed by atoms with E-state index in [1.54, 1.807) is 23.0 Å². The lowest BCUT2D eigenvalue weighted by molar-refractivity contribution is 0.102. The first kappa shape index (κ1) is 16.5. The Morgan fingerprint density at radius 3 is 2.52 bits per heavy atom. The second kappa shape index (κ2) is 7.04. The van der Waals surface area contributed by atoms with Gasteiger partial charge in [-0.05, 0) is 25.1 Å². The maximum Gasteiger partial charge on any atom is 0.259 e. The van der Waals surface area contributed by atoms with Gasteiger partial charge in [0, 0.05) is 6.07 Å². The van der Waals surface area contributed by atoms with Gasteiger partial charge >= 0.3 is 0 Å². The van der Waals surface area contributed by atoms with Crippen molar-refractivity contribution < 1.29 is 14.3 Å². The second-order valence-electron chi connectivity index (χ2n) is 5.26. The predicted molar refractivity (Wildman–Crippen MR) is 93.6 cm³/mol. The van der Waals surface area contributed by atoms with Gasteiger partial charge in [0.1, 0.15) is 5.69 Å². The summed E-state index contributed by atoms with van der Waals surface area (Å²) in [6.45, 7) is 1.85. The van der Waals surface area contributed by atoms with E-state index in [0.29, 0.717) is 17.1 Å². The summed E-state index contributed by atoms with van der Waals surface area (Å²) in [6.07, 6.45) is 1.54. The number of hydrogen-bond acceptors (Lipinski definition) is 5. The average molecular weight is 338 g/mol. The lowest BCUT2D eigenvalue weighted by atomic mass is 10.2. The van der Waals surface area contributed by atoms with Gasteiger partial charge in [-0.3, -0.25) is 4.79 Å². The quantitative estimate of drug-likeness (QED) is 0.774. The van der Waals surface area contributed by atoms with Gasteiger partial charge in [0.2, 0.25) is 11.8 Å². The van der Waals surface area contributed by atoms with Crippen LogP contribution < -0.4 is 14.8 Å². The summed E-state index contributed by atoms with van der Waals surface area (Å²) in [5.74, 6) is 0.397. The molecule has 0 radical (unpaired) electrons. The topological polar surface area (TPSA) is 78.3 Å². The largest absolute Gasteiger partial charge is 0.481 e. The van der Waals surface area contributed by atoms with Gasteiger partial charge in [-0.15, -0.1) is 0 Å². The molecule has 0 aliphatic carbocycles. The molecule has 0 unspecified atom stereocenters. The number of rotatable bonds is 5. The molecule has 1 N–H and O–H groups in total. The van der Waals surface area contributed by atoms with Crippen LogP contribution in [0.4, 0.5) is 5.69 Å². The Bertz CT molecular complexity index is 891. The van der Waals surface area contributed by atoms with Crippen LogP contribution in [-0.4, -0.2) is 34.9 Å². The predicted octanol–water partition coefficient (Wildman–Crippen LogP) is 2.85. The molecule has 1 amide bonds. The first-order valence-corrected chi connectivity index (χ1v) is 7.64. The van der Waals surface area contributed by atoms with Gasteiger partial charge in [0.05, 0.1) is 37.4 Å². The lowest BCUT2D eigenvalue weighted by Gasteiger charge is -2.10. The molecular formula is C18H18N4O3. The Kier molecular flexibility index (Phi) is 4.65. The van der Waals surface area contributed by atoms with E-state index in [4.69, 9.17) is 9.47 Å². The molecular weight excluding hydrogens is 320 g/mol. The number of ether oxygens (including phenoxy) is 2. The molecule has 3 rings (SSSR count). The minimum absolute atomic E-state index is 0.279. The van der Waals surface area contributed by atoms with Crippen molar-refractivity contribution in [2.45, 2.75) is 6.92 Å². The smallest absolute Gasteiger partial charge is 0.259 e. The number of benzene rings is 1. The molecule has 1 aromatic carbocycles. The van der Waals surface area contributed by atoms with E-state index in [1.165, 1.54) is 14.2 Å². The Balaban J connectivity index is 1.87. The molecule has 7 heteroatoms. The highest BCUT2D eigenvalue weighted by atomic mass is 16.5. The first-order valence-electron chi connectivity index (χ1n) is 7.64. The zero-order valence-electron chi connectivity index (χ0n) is 14.2. The van der Waals surface area contributed by atoms with E-state index >= 15 is 0 Å². The number of pyridine rings is 1. The first-order chi connectivity index (χ1) is 12.1. The van der Waals surface area contributed by atoms with E-state index in [2.05, 4.69) is 15.4 Å². The van der Waals surface area contributed by atoms with Crippen LogP contribution in [0.2, 0.25) is 0 Å². The molecule has 0 bridgehead atoms. The normalized spacial score (nSPS) is 10.4. The number of carbonyl (C=O) groups is 1. The van der Waals surface area contributed by atoms with Crippen molar-refractivity contribution in [2.75, 3.05) is 19.5 Å². The molecule has 0 saturated heterocycles. The fraction of sp³-hybridized carbons (Fsp3) is 0.167. The highest BCUT2D eigenvalue weighted by molar-refractivity contribution is 6.05. The zero-order chi connectivity index (χ0) is 17.8. The molecule has 0 spiro atoms. The molecule has 2 heterocycles. The van der Waals surface area contributed by atoms with Crippen LogP contribution in [0.15, 0.2) is 48.7 Å². The van der Waals surface area contributed by atoms with Crippen LogP contribution in [0.1, 0.15) is 16.1 Å². The summed E-state index contributed by atoms with van der Waals surface area (Å²) in [4.78, 5) is 16.8. The van der Waals surface area contributed by atoms with Crippen LogP contribution in [0.5, 0.6) is 11.8 Å². The summed E-state index contributed by atoms with van der Waals surface area (Å²) in [5, 5.41) is 7.11. The van der Waals surface area contributed by atoms with Crippen LogP contribution in [0.3, 0.4) is 0 Å². The Morgan fingerprint density at radius 2 is 1.84 bits per heavy atom. The van der Waals surface area contributed by atoms with E-state index in [-0.39, 0.29) is 11.8 Å². The van der Waals surface area contributed by atoms with Crippen LogP contribution in [0.25, 0.3) is 5.69 Å². The van der Waals surface area contributed by atoms with E-state index in [1.807, 2.05) is 37.3 Å². The lowest BCUT2D eigenvalue weighted by Crippen LogP contribution is -2.14. The maximum absolute atomic E-state index is 12.6. The summed E-state index contributed by atoms with van der Waals surface area (Å²) in [5.41, 5.74) is 2.56. The van der Waals surface area contributed by atoms with E-state index < -0.39 is 0 Å². The molecule has 0 saturated carbocycles. The monoisotopic (exact) mass is 338 g/mol. The Hall–Kier alpha value is -3.35. The molecule has 0 aliphatic heterocycles. The van der Waals surface area contributed by atoms with Crippen LogP contribution >= 0.6 is 0 Å². The van der Waals surface area contributed by atoms with E-state index in [9.17, 15) is 4.79 Å². The molecule has 0 aliphatic rings. The third-order valence-electron chi connectivity index (χ3n) is 3.74. The molecule has 0 atom stereocenters. The fourth-order valence-electron chi connectivity index (χ4n) is 2.44. The van der Waals surface area contributed by atoms with Crippen molar-refractivity contribution in [3.8, 4) is 17.4 Å². The number of carbonyl (C=O) groups excluding carboxylic acids is 1. The SMILES string of the molecule is COc1ccc(NC(=O)c2cnn(-c3ccccc3)c2C)c(OC)n1. The van der Waals surface area contributed by atoms with Crippen LogP contribution in [-0.2, 0) is 0 Å². The van der Waals surface area contributed by atoms with Crippen molar-refractivity contribution in [1.29, 1.82) is 0 Å². The summed E-state index contributed by atoms with van der Waals surface area (Å²) in [6, 6.07) is 13.0. The number of hydrogen-bond donors (Lipinski definition) is 1. The van der Waals surface area contributed by atoms with Gasteiger partial charge < -0.3 is 14.8 Å². The number of anilines is 1. The van der Waals surface area contributed by atoms with Crippen LogP contribution in [0, 0.1) is 6.92 Å². The number of methoxy groups -OCH3 is 2. The van der Waals surface area contributed by atoms with Gasteiger partial charge in [-0.2, -0.15) is 10.1 Å². The fourth-order valence-corrected chi connectivity index (χ4v) is 2.44. The van der Waals surface area contributed by atoms with Gasteiger partial charge in [0.15, 0.2) is 0 Å². The maximum atomic E-state index is 12.6. The summed E-state index contributed by atoms with van der Waals surface area (Å²) in [7, 11) is 3.00. The van der Waals surface area contributed by atoms with Gasteiger partial charge in [0.25, 0.3) is 5.91 Å². The van der Waals surface area contributed by atoms with Gasteiger partial charge in [-0.1, -0.05) is 18.2 Å². The highest BCUT2D eigenvalue weighted by Gasteiger charge is 2.17. The molecule has 7 nitrogen and oxygen atoms in total. The van der Waals surface area contributed by atoms with Crippen molar-refractivity contribution in [3.05, 3.63) is 59.9 Å². The number of aromatic nitrogens is 3. The highest BCUT2D eigenvalue weighted by Crippen LogP contribution is 2.25. The van der Waals surface area contributed by atoms with Crippen molar-refractivity contribution in [1.82, 2.24) is 14.8 Å². The summed E-state index contributed by atoms with van der Waals surface area (Å²) < 4.78 is 12.0. The molecule has 0 fully saturated rings. The number of nitrogens with zero attached hydrogens (tertiary/aromatic N) is 3. The molecule has 25 heavy (non-hydrogen) atoms. The third-order valence-corrected chi connectivity index (χ3v) is 3.74. The number of para-hydroxylation sites is 1. The number of nitrogens with one attached hydrogen (secondary N) is 1. The second-order valence-corrected chi connectivity index (χ2v) is 5.26.